The summed E-state index contributed by atoms with van der Waals surface area (Å²) in [4.78, 5) is 37.5. The number of amides is 2. The van der Waals surface area contributed by atoms with Gasteiger partial charge in [-0.05, 0) is 56.4 Å². The molecule has 2 aliphatic rings. The summed E-state index contributed by atoms with van der Waals surface area (Å²) in [5.74, 6) is -2.30. The first-order chi connectivity index (χ1) is 12.4. The molecular weight excluding hydrogens is 361 g/mol. The summed E-state index contributed by atoms with van der Waals surface area (Å²) in [6.45, 7) is 1.90. The zero-order valence-corrected chi connectivity index (χ0v) is 14.9. The summed E-state index contributed by atoms with van der Waals surface area (Å²) in [5.41, 5.74) is 1.09. The molecule has 1 aromatic carbocycles. The second-order valence-electron chi connectivity index (χ2n) is 6.02. The number of hydrogen-bond donors (Lipinski definition) is 0. The van der Waals surface area contributed by atoms with Gasteiger partial charge in [0.2, 0.25) is 0 Å². The van der Waals surface area contributed by atoms with Crippen molar-refractivity contribution in [2.75, 3.05) is 11.5 Å². The van der Waals surface area contributed by atoms with Gasteiger partial charge < -0.3 is 4.74 Å². The van der Waals surface area contributed by atoms with Gasteiger partial charge >= 0.3 is 5.97 Å². The number of benzene rings is 1. The van der Waals surface area contributed by atoms with E-state index in [4.69, 9.17) is 16.3 Å². The Morgan fingerprint density at radius 1 is 1.23 bits per heavy atom. The number of hydrogen-bond acceptors (Lipinski definition) is 4. The Kier molecular flexibility index (Phi) is 5.23. The van der Waals surface area contributed by atoms with E-state index >= 15 is 0 Å². The molecule has 5 nitrogen and oxygen atoms in total. The molecule has 0 atom stereocenters. The molecule has 0 N–H and O–H groups in total. The predicted molar refractivity (Wildman–Crippen MR) is 95.1 cm³/mol. The van der Waals surface area contributed by atoms with E-state index in [1.54, 1.807) is 6.92 Å². The predicted octanol–water partition coefficient (Wildman–Crippen LogP) is 3.80. The van der Waals surface area contributed by atoms with Gasteiger partial charge in [-0.25, -0.2) is 14.1 Å². The fraction of sp³-hybridized carbons (Fsp3) is 0.316. The highest BCUT2D eigenvalue weighted by atomic mass is 35.5. The minimum absolute atomic E-state index is 0.0589. The molecule has 3 rings (SSSR count). The first kappa shape index (κ1) is 18.3. The number of anilines is 1. The number of halogens is 2. The van der Waals surface area contributed by atoms with Crippen LogP contribution in [0, 0.1) is 5.82 Å². The molecule has 0 spiro atoms. The number of imide groups is 1. The third kappa shape index (κ3) is 3.29. The molecule has 1 heterocycles. The fourth-order valence-electron chi connectivity index (χ4n) is 3.16. The Bertz CT molecular complexity index is 831. The number of rotatable bonds is 4. The minimum atomic E-state index is -0.773. The number of esters is 1. The molecule has 0 saturated carbocycles. The Morgan fingerprint density at radius 2 is 1.85 bits per heavy atom. The summed E-state index contributed by atoms with van der Waals surface area (Å²) in [6, 6.07) is 2.32. The smallest absolute Gasteiger partial charge is 0.330 e. The normalized spacial score (nSPS) is 17.3. The number of ether oxygens (including phenoxy) is 1. The van der Waals surface area contributed by atoms with Crippen molar-refractivity contribution >= 4 is 41.1 Å². The minimum Gasteiger partial charge on any atom is -0.463 e. The molecule has 0 fully saturated rings. The van der Waals surface area contributed by atoms with E-state index in [9.17, 15) is 18.8 Å². The van der Waals surface area contributed by atoms with Gasteiger partial charge in [-0.3, -0.25) is 9.59 Å². The summed E-state index contributed by atoms with van der Waals surface area (Å²) in [7, 11) is 0. The van der Waals surface area contributed by atoms with Crippen molar-refractivity contribution in [2.24, 2.45) is 0 Å². The molecule has 136 valence electrons. The highest BCUT2D eigenvalue weighted by Crippen LogP contribution is 2.38. The van der Waals surface area contributed by atoms with Crippen molar-refractivity contribution in [1.82, 2.24) is 0 Å². The maximum absolute atomic E-state index is 14.5. The summed E-state index contributed by atoms with van der Waals surface area (Å²) in [6.07, 6.45) is 5.25. The maximum atomic E-state index is 14.5. The van der Waals surface area contributed by atoms with Gasteiger partial charge in [-0.15, -0.1) is 0 Å². The highest BCUT2D eigenvalue weighted by molar-refractivity contribution is 6.34. The molecule has 0 unspecified atom stereocenters. The highest BCUT2D eigenvalue weighted by Gasteiger charge is 2.40. The monoisotopic (exact) mass is 377 g/mol. The molecule has 2 amide bonds. The second kappa shape index (κ2) is 7.41. The van der Waals surface area contributed by atoms with Gasteiger partial charge in [0, 0.05) is 17.2 Å². The first-order valence-corrected chi connectivity index (χ1v) is 8.76. The number of nitrogens with zero attached hydrogens (tertiary/aromatic N) is 1. The molecule has 1 aromatic rings. The summed E-state index contributed by atoms with van der Waals surface area (Å²) in [5, 5.41) is 0.0589. The van der Waals surface area contributed by atoms with E-state index in [1.165, 1.54) is 12.1 Å². The van der Waals surface area contributed by atoms with Gasteiger partial charge in [0.15, 0.2) is 0 Å². The first-order valence-electron chi connectivity index (χ1n) is 8.38. The van der Waals surface area contributed by atoms with E-state index in [0.717, 1.165) is 29.9 Å². The van der Waals surface area contributed by atoms with E-state index in [0.29, 0.717) is 29.6 Å². The third-order valence-corrected chi connectivity index (χ3v) is 4.71. The van der Waals surface area contributed by atoms with Crippen LogP contribution < -0.4 is 4.90 Å². The zero-order chi connectivity index (χ0) is 18.8. The van der Waals surface area contributed by atoms with Gasteiger partial charge in [0.1, 0.15) is 5.82 Å². The molecule has 0 bridgehead atoms. The van der Waals surface area contributed by atoms with Gasteiger partial charge in [-0.1, -0.05) is 11.6 Å². The van der Waals surface area contributed by atoms with Crippen LogP contribution in [-0.4, -0.2) is 24.4 Å². The van der Waals surface area contributed by atoms with Crippen molar-refractivity contribution in [3.05, 3.63) is 45.8 Å². The van der Waals surface area contributed by atoms with E-state index in [2.05, 4.69) is 0 Å². The third-order valence-electron chi connectivity index (χ3n) is 4.38. The lowest BCUT2D eigenvalue weighted by Crippen LogP contribution is -2.32. The maximum Gasteiger partial charge on any atom is 0.330 e. The van der Waals surface area contributed by atoms with Crippen LogP contribution in [0.4, 0.5) is 10.1 Å². The lowest BCUT2D eigenvalue weighted by Gasteiger charge is -2.17. The second-order valence-corrected chi connectivity index (χ2v) is 6.43. The average molecular weight is 378 g/mol. The lowest BCUT2D eigenvalue weighted by molar-refractivity contribution is -0.137. The van der Waals surface area contributed by atoms with Crippen LogP contribution in [0.3, 0.4) is 0 Å². The van der Waals surface area contributed by atoms with Crippen molar-refractivity contribution in [3.63, 3.8) is 0 Å². The summed E-state index contributed by atoms with van der Waals surface area (Å²) < 4.78 is 19.2. The standard InChI is InChI=1S/C19H17ClFNO4/c1-2-26-17(23)8-7-11-9-16(15(21)10-14(11)20)22-18(24)12-5-3-4-6-13(12)19(22)25/h7-10H,2-6H2,1H3. The largest absolute Gasteiger partial charge is 0.463 e. The molecule has 0 saturated heterocycles. The Labute approximate surface area is 155 Å². The van der Waals surface area contributed by atoms with E-state index < -0.39 is 23.6 Å². The van der Waals surface area contributed by atoms with E-state index in [-0.39, 0.29) is 17.3 Å². The Balaban J connectivity index is 1.96. The molecule has 0 radical (unpaired) electrons. The average Bonchev–Trinajstić information content (AvgIpc) is 2.86. The number of carbonyl (C=O) groups excluding carboxylic acids is 3. The van der Waals surface area contributed by atoms with Crippen molar-refractivity contribution in [1.29, 1.82) is 0 Å². The fourth-order valence-corrected chi connectivity index (χ4v) is 3.37. The van der Waals surface area contributed by atoms with Crippen molar-refractivity contribution < 1.29 is 23.5 Å². The van der Waals surface area contributed by atoms with Crippen LogP contribution in [0.1, 0.15) is 38.2 Å². The quantitative estimate of drug-likeness (QED) is 0.455. The Hall–Kier alpha value is -2.47. The van der Waals surface area contributed by atoms with Gasteiger partial charge in [0.25, 0.3) is 11.8 Å². The van der Waals surface area contributed by atoms with Crippen LogP contribution in [0.15, 0.2) is 29.4 Å². The van der Waals surface area contributed by atoms with E-state index in [1.807, 2.05) is 0 Å². The van der Waals surface area contributed by atoms with Crippen molar-refractivity contribution in [2.45, 2.75) is 32.6 Å². The van der Waals surface area contributed by atoms with Gasteiger partial charge in [0.05, 0.1) is 17.3 Å². The summed E-state index contributed by atoms with van der Waals surface area (Å²) >= 11 is 6.02. The van der Waals surface area contributed by atoms with Gasteiger partial charge in [-0.2, -0.15) is 0 Å². The van der Waals surface area contributed by atoms with Crippen LogP contribution in [0.2, 0.25) is 5.02 Å². The van der Waals surface area contributed by atoms with Crippen LogP contribution in [-0.2, 0) is 19.1 Å². The molecule has 1 aliphatic heterocycles. The Morgan fingerprint density at radius 3 is 2.42 bits per heavy atom. The SMILES string of the molecule is CCOC(=O)C=Cc1cc(N2C(=O)C3=C(CCCC3)C2=O)c(F)cc1Cl. The van der Waals surface area contributed by atoms with Crippen molar-refractivity contribution in [3.8, 4) is 0 Å². The topological polar surface area (TPSA) is 63.7 Å². The molecule has 1 aliphatic carbocycles. The molecule has 7 heteroatoms. The lowest BCUT2D eigenvalue weighted by atomic mass is 9.93. The van der Waals surface area contributed by atoms with Crippen LogP contribution >= 0.6 is 11.6 Å². The molecule has 26 heavy (non-hydrogen) atoms. The zero-order valence-electron chi connectivity index (χ0n) is 14.2. The van der Waals surface area contributed by atoms with Crippen LogP contribution in [0.25, 0.3) is 6.08 Å². The molecule has 0 aromatic heterocycles. The van der Waals surface area contributed by atoms with Crippen LogP contribution in [0.5, 0.6) is 0 Å². The number of carbonyl (C=O) groups is 3. The molecular formula is C19H17ClFNO4.